The Kier molecular flexibility index (Phi) is 4.88. The second kappa shape index (κ2) is 7.08. The third kappa shape index (κ3) is 3.57. The van der Waals surface area contributed by atoms with Crippen LogP contribution in [-0.2, 0) is 14.3 Å². The van der Waals surface area contributed by atoms with Gasteiger partial charge in [-0.2, -0.15) is 0 Å². The molecule has 0 radical (unpaired) electrons. The highest BCUT2D eigenvalue weighted by Crippen LogP contribution is 2.34. The van der Waals surface area contributed by atoms with Crippen LogP contribution in [0.25, 0.3) is 0 Å². The molecular weight excluding hydrogens is 292 g/mol. The zero-order chi connectivity index (χ0) is 15.6. The Morgan fingerprint density at radius 3 is 2.65 bits per heavy atom. The zero-order valence-corrected chi connectivity index (χ0v) is 14.1. The molecule has 5 heteroatoms. The van der Waals surface area contributed by atoms with Crippen LogP contribution in [0.4, 0.5) is 0 Å². The van der Waals surface area contributed by atoms with Crippen LogP contribution in [0.2, 0.25) is 0 Å². The number of ether oxygens (including phenoxy) is 2. The lowest BCUT2D eigenvalue weighted by Gasteiger charge is -2.24. The van der Waals surface area contributed by atoms with Crippen molar-refractivity contribution in [3.05, 3.63) is 0 Å². The molecule has 4 rings (SSSR count). The normalized spacial score (nSPS) is 35.3. The molecule has 3 atom stereocenters. The first kappa shape index (κ1) is 15.9. The van der Waals surface area contributed by atoms with E-state index in [1.165, 1.54) is 38.8 Å². The van der Waals surface area contributed by atoms with E-state index < -0.39 is 0 Å². The number of carbonyl (C=O) groups is 1. The smallest absolute Gasteiger partial charge is 0.248 e. The Hall–Kier alpha value is -0.650. The van der Waals surface area contributed by atoms with Crippen LogP contribution in [-0.4, -0.2) is 73.9 Å². The highest BCUT2D eigenvalue weighted by atomic mass is 16.5. The number of nitrogens with zero attached hydrogens (tertiary/aromatic N) is 2. The number of rotatable bonds is 5. The second-order valence-corrected chi connectivity index (χ2v) is 7.82. The molecule has 1 amide bonds. The van der Waals surface area contributed by atoms with Crippen LogP contribution in [0.5, 0.6) is 0 Å². The summed E-state index contributed by atoms with van der Waals surface area (Å²) in [7, 11) is 0. The summed E-state index contributed by atoms with van der Waals surface area (Å²) in [5.41, 5.74) is 0. The standard InChI is InChI=1S/C18H30N2O3/c21-18(13-22-15-5-1-2-6-15)20-10-16-14(12-23-17(16)11-20)9-19-7-3-4-8-19/h14-17H,1-13H2/t14-,16-,17-/m0/s1. The minimum absolute atomic E-state index is 0.162. The minimum atomic E-state index is 0.162. The van der Waals surface area contributed by atoms with E-state index in [4.69, 9.17) is 9.47 Å². The van der Waals surface area contributed by atoms with E-state index in [9.17, 15) is 4.79 Å². The van der Waals surface area contributed by atoms with Gasteiger partial charge in [-0.15, -0.1) is 0 Å². The van der Waals surface area contributed by atoms with Crippen molar-refractivity contribution in [2.75, 3.05) is 45.9 Å². The molecule has 0 aromatic heterocycles. The van der Waals surface area contributed by atoms with Gasteiger partial charge in [0.2, 0.25) is 5.91 Å². The fraction of sp³-hybridized carbons (Fsp3) is 0.944. The monoisotopic (exact) mass is 322 g/mol. The molecule has 4 fully saturated rings. The number of fused-ring (bicyclic) bond motifs is 1. The zero-order valence-electron chi connectivity index (χ0n) is 14.1. The molecule has 3 heterocycles. The molecule has 3 aliphatic heterocycles. The van der Waals surface area contributed by atoms with E-state index in [1.54, 1.807) is 0 Å². The molecule has 1 saturated carbocycles. The summed E-state index contributed by atoms with van der Waals surface area (Å²) < 4.78 is 11.8. The van der Waals surface area contributed by atoms with Crippen molar-refractivity contribution in [1.82, 2.24) is 9.80 Å². The van der Waals surface area contributed by atoms with E-state index >= 15 is 0 Å². The number of hydrogen-bond acceptors (Lipinski definition) is 4. The van der Waals surface area contributed by atoms with Crippen molar-refractivity contribution < 1.29 is 14.3 Å². The maximum absolute atomic E-state index is 12.4. The molecule has 130 valence electrons. The Balaban J connectivity index is 1.25. The van der Waals surface area contributed by atoms with E-state index in [0.29, 0.717) is 17.9 Å². The lowest BCUT2D eigenvalue weighted by molar-refractivity contribution is -0.137. The largest absolute Gasteiger partial charge is 0.376 e. The highest BCUT2D eigenvalue weighted by Gasteiger charge is 2.45. The van der Waals surface area contributed by atoms with Crippen molar-refractivity contribution in [2.45, 2.75) is 50.7 Å². The van der Waals surface area contributed by atoms with Gasteiger partial charge < -0.3 is 19.3 Å². The molecule has 0 bridgehead atoms. The Labute approximate surface area is 139 Å². The first-order chi connectivity index (χ1) is 11.3. The van der Waals surface area contributed by atoms with Crippen molar-refractivity contribution >= 4 is 5.91 Å². The van der Waals surface area contributed by atoms with Crippen LogP contribution in [0, 0.1) is 11.8 Å². The van der Waals surface area contributed by atoms with Gasteiger partial charge in [0.15, 0.2) is 0 Å². The molecule has 0 unspecified atom stereocenters. The van der Waals surface area contributed by atoms with Gasteiger partial charge >= 0.3 is 0 Å². The van der Waals surface area contributed by atoms with Crippen molar-refractivity contribution in [3.8, 4) is 0 Å². The lowest BCUT2D eigenvalue weighted by atomic mass is 9.93. The number of carbonyl (C=O) groups excluding carboxylic acids is 1. The summed E-state index contributed by atoms with van der Waals surface area (Å²) in [4.78, 5) is 17.0. The average Bonchev–Trinajstić information content (AvgIpc) is 3.32. The quantitative estimate of drug-likeness (QED) is 0.769. The molecule has 1 aliphatic carbocycles. The molecular formula is C18H30N2O3. The molecule has 0 N–H and O–H groups in total. The topological polar surface area (TPSA) is 42.0 Å². The van der Waals surface area contributed by atoms with Gasteiger partial charge in [0.1, 0.15) is 6.61 Å². The third-order valence-electron chi connectivity index (χ3n) is 6.23. The number of likely N-dealkylation sites (tertiary alicyclic amines) is 2. The average molecular weight is 322 g/mol. The molecule has 0 spiro atoms. The molecule has 3 saturated heterocycles. The molecule has 23 heavy (non-hydrogen) atoms. The van der Waals surface area contributed by atoms with Crippen LogP contribution in [0.15, 0.2) is 0 Å². The van der Waals surface area contributed by atoms with E-state index in [1.807, 2.05) is 4.90 Å². The Bertz CT molecular complexity index is 418. The van der Waals surface area contributed by atoms with Gasteiger partial charge in [0.25, 0.3) is 0 Å². The van der Waals surface area contributed by atoms with E-state index in [2.05, 4.69) is 4.90 Å². The SMILES string of the molecule is O=C(COC1CCCC1)N1C[C@H]2[C@@H](CN3CCCC3)CO[C@H]2C1. The fourth-order valence-corrected chi connectivity index (χ4v) is 4.82. The Morgan fingerprint density at radius 1 is 1.09 bits per heavy atom. The molecule has 0 aromatic carbocycles. The van der Waals surface area contributed by atoms with Gasteiger partial charge in [-0.25, -0.2) is 0 Å². The minimum Gasteiger partial charge on any atom is -0.376 e. The second-order valence-electron chi connectivity index (χ2n) is 7.82. The van der Waals surface area contributed by atoms with Gasteiger partial charge in [0.05, 0.1) is 18.8 Å². The molecule has 0 aromatic rings. The van der Waals surface area contributed by atoms with Gasteiger partial charge in [-0.3, -0.25) is 4.79 Å². The van der Waals surface area contributed by atoms with E-state index in [0.717, 1.165) is 39.1 Å². The highest BCUT2D eigenvalue weighted by molar-refractivity contribution is 5.77. The van der Waals surface area contributed by atoms with Crippen LogP contribution >= 0.6 is 0 Å². The Morgan fingerprint density at radius 2 is 1.87 bits per heavy atom. The maximum atomic E-state index is 12.4. The number of hydrogen-bond donors (Lipinski definition) is 0. The lowest BCUT2D eigenvalue weighted by Crippen LogP contribution is -2.36. The number of amides is 1. The van der Waals surface area contributed by atoms with Gasteiger partial charge in [-0.1, -0.05) is 12.8 Å². The molecule has 4 aliphatic rings. The predicted octanol–water partition coefficient (Wildman–Crippen LogP) is 1.51. The summed E-state index contributed by atoms with van der Waals surface area (Å²) >= 11 is 0. The van der Waals surface area contributed by atoms with Crippen molar-refractivity contribution in [1.29, 1.82) is 0 Å². The van der Waals surface area contributed by atoms with Crippen LogP contribution in [0.1, 0.15) is 38.5 Å². The predicted molar refractivity (Wildman–Crippen MR) is 87.2 cm³/mol. The van der Waals surface area contributed by atoms with Crippen molar-refractivity contribution in [2.24, 2.45) is 11.8 Å². The first-order valence-electron chi connectivity index (χ1n) is 9.53. The summed E-state index contributed by atoms with van der Waals surface area (Å²) in [6.07, 6.45) is 8.00. The summed E-state index contributed by atoms with van der Waals surface area (Å²) in [5, 5.41) is 0. The van der Waals surface area contributed by atoms with Crippen LogP contribution in [0.3, 0.4) is 0 Å². The van der Waals surface area contributed by atoms with E-state index in [-0.39, 0.29) is 18.6 Å². The first-order valence-corrected chi connectivity index (χ1v) is 9.53. The maximum Gasteiger partial charge on any atom is 0.248 e. The molecule has 5 nitrogen and oxygen atoms in total. The van der Waals surface area contributed by atoms with Crippen molar-refractivity contribution in [3.63, 3.8) is 0 Å². The van der Waals surface area contributed by atoms with Gasteiger partial charge in [0, 0.05) is 31.5 Å². The summed E-state index contributed by atoms with van der Waals surface area (Å²) in [5.74, 6) is 1.30. The van der Waals surface area contributed by atoms with Crippen LogP contribution < -0.4 is 0 Å². The van der Waals surface area contributed by atoms with Gasteiger partial charge in [-0.05, 0) is 38.8 Å². The third-order valence-corrected chi connectivity index (χ3v) is 6.23. The summed E-state index contributed by atoms with van der Waals surface area (Å²) in [6, 6.07) is 0. The summed E-state index contributed by atoms with van der Waals surface area (Å²) in [6.45, 7) is 6.43. The fourth-order valence-electron chi connectivity index (χ4n) is 4.82.